The van der Waals surface area contributed by atoms with Crippen LogP contribution in [0.5, 0.6) is 5.75 Å². The van der Waals surface area contributed by atoms with E-state index in [1.165, 1.54) is 7.11 Å². The normalized spacial score (nSPS) is 31.1. The van der Waals surface area contributed by atoms with Crippen molar-refractivity contribution in [2.24, 2.45) is 5.92 Å². The second-order valence-corrected chi connectivity index (χ2v) is 7.05. The fourth-order valence-corrected chi connectivity index (χ4v) is 3.86. The SMILES string of the molecule is COC(=O)[C@@H]1C[C@@]2(NC1=O)OC(C)(C)C[C@H]2c1ccc(OC)cc1. The topological polar surface area (TPSA) is 73.9 Å². The quantitative estimate of drug-likeness (QED) is 0.676. The summed E-state index contributed by atoms with van der Waals surface area (Å²) in [6, 6.07) is 7.74. The molecule has 1 N–H and O–H groups in total. The van der Waals surface area contributed by atoms with Gasteiger partial charge in [0.05, 0.1) is 19.8 Å². The third kappa shape index (κ3) is 2.75. The Bertz CT molecular complexity index is 654. The molecule has 24 heavy (non-hydrogen) atoms. The van der Waals surface area contributed by atoms with Crippen LogP contribution >= 0.6 is 0 Å². The van der Waals surface area contributed by atoms with Gasteiger partial charge < -0.3 is 19.5 Å². The summed E-state index contributed by atoms with van der Waals surface area (Å²) in [5.41, 5.74) is -0.233. The third-order valence-corrected chi connectivity index (χ3v) is 4.88. The lowest BCUT2D eigenvalue weighted by Crippen LogP contribution is -2.46. The molecule has 130 valence electrons. The molecule has 2 aliphatic heterocycles. The molecule has 3 atom stereocenters. The maximum Gasteiger partial charge on any atom is 0.318 e. The standard InChI is InChI=1S/C18H23NO5/c1-17(2)10-14(11-5-7-12(22-3)8-6-11)18(24-17)9-13(15(20)19-18)16(21)23-4/h5-8,13-14H,9-10H2,1-4H3,(H,19,20)/t13-,14+,18-/m1/s1. The van der Waals surface area contributed by atoms with Gasteiger partial charge in [0.25, 0.3) is 0 Å². The fourth-order valence-electron chi connectivity index (χ4n) is 3.86. The first-order valence-corrected chi connectivity index (χ1v) is 8.04. The van der Waals surface area contributed by atoms with Gasteiger partial charge in [-0.05, 0) is 38.0 Å². The predicted molar refractivity (Wildman–Crippen MR) is 86.5 cm³/mol. The Balaban J connectivity index is 1.95. The first-order valence-electron chi connectivity index (χ1n) is 8.04. The minimum Gasteiger partial charge on any atom is -0.497 e. The number of carbonyl (C=O) groups is 2. The van der Waals surface area contributed by atoms with E-state index in [0.717, 1.165) is 17.7 Å². The third-order valence-electron chi connectivity index (χ3n) is 4.88. The van der Waals surface area contributed by atoms with Crippen LogP contribution in [0.2, 0.25) is 0 Å². The summed E-state index contributed by atoms with van der Waals surface area (Å²) in [4.78, 5) is 24.2. The molecule has 6 heteroatoms. The molecule has 0 radical (unpaired) electrons. The minimum atomic E-state index is -0.881. The Hall–Kier alpha value is -2.08. The van der Waals surface area contributed by atoms with Crippen molar-refractivity contribution in [1.29, 1.82) is 0 Å². The molecule has 2 fully saturated rings. The molecule has 1 spiro atoms. The summed E-state index contributed by atoms with van der Waals surface area (Å²) in [5.74, 6) is -0.959. The molecule has 1 amide bonds. The Labute approximate surface area is 141 Å². The van der Waals surface area contributed by atoms with Gasteiger partial charge in [-0.1, -0.05) is 12.1 Å². The maximum absolute atomic E-state index is 12.3. The molecule has 0 aliphatic carbocycles. The number of esters is 1. The zero-order valence-electron chi connectivity index (χ0n) is 14.4. The fraction of sp³-hybridized carbons (Fsp3) is 0.556. The van der Waals surface area contributed by atoms with Gasteiger partial charge in [-0.15, -0.1) is 0 Å². The molecule has 0 unspecified atom stereocenters. The van der Waals surface area contributed by atoms with Crippen molar-refractivity contribution in [2.75, 3.05) is 14.2 Å². The number of carbonyl (C=O) groups excluding carboxylic acids is 2. The molecule has 0 saturated carbocycles. The average molecular weight is 333 g/mol. The molecule has 2 aliphatic rings. The second-order valence-electron chi connectivity index (χ2n) is 7.05. The zero-order valence-corrected chi connectivity index (χ0v) is 14.4. The van der Waals surface area contributed by atoms with Crippen molar-refractivity contribution in [3.05, 3.63) is 29.8 Å². The van der Waals surface area contributed by atoms with Crippen LogP contribution in [-0.2, 0) is 19.1 Å². The van der Waals surface area contributed by atoms with E-state index in [-0.39, 0.29) is 18.2 Å². The van der Waals surface area contributed by atoms with Gasteiger partial charge in [0, 0.05) is 12.3 Å². The summed E-state index contributed by atoms with van der Waals surface area (Å²) >= 11 is 0. The number of ether oxygens (including phenoxy) is 3. The van der Waals surface area contributed by atoms with Crippen LogP contribution < -0.4 is 10.1 Å². The van der Waals surface area contributed by atoms with E-state index in [2.05, 4.69) is 5.32 Å². The largest absolute Gasteiger partial charge is 0.497 e. The molecule has 1 aromatic carbocycles. The predicted octanol–water partition coefficient (Wildman–Crippen LogP) is 1.98. The van der Waals surface area contributed by atoms with Gasteiger partial charge in [0.1, 0.15) is 17.4 Å². The summed E-state index contributed by atoms with van der Waals surface area (Å²) in [5, 5.41) is 2.93. The van der Waals surface area contributed by atoms with Gasteiger partial charge in [0.2, 0.25) is 5.91 Å². The molecule has 2 heterocycles. The van der Waals surface area contributed by atoms with Crippen molar-refractivity contribution in [2.45, 2.75) is 43.9 Å². The van der Waals surface area contributed by atoms with E-state index >= 15 is 0 Å². The highest BCUT2D eigenvalue weighted by Crippen LogP contribution is 2.51. The highest BCUT2D eigenvalue weighted by molar-refractivity contribution is 6.00. The van der Waals surface area contributed by atoms with Crippen LogP contribution in [0.25, 0.3) is 0 Å². The average Bonchev–Trinajstić information content (AvgIpc) is 3.02. The number of benzene rings is 1. The first kappa shape index (κ1) is 16.8. The number of rotatable bonds is 3. The molecule has 2 saturated heterocycles. The molecular formula is C18H23NO5. The molecule has 1 aromatic rings. The lowest BCUT2D eigenvalue weighted by molar-refractivity contribution is -0.149. The molecule has 3 rings (SSSR count). The second kappa shape index (κ2) is 5.77. The molecule has 0 bridgehead atoms. The van der Waals surface area contributed by atoms with Gasteiger partial charge in [0.15, 0.2) is 0 Å². The lowest BCUT2D eigenvalue weighted by Gasteiger charge is -2.31. The van der Waals surface area contributed by atoms with Crippen LogP contribution in [0.1, 0.15) is 38.2 Å². The smallest absolute Gasteiger partial charge is 0.318 e. The first-order chi connectivity index (χ1) is 11.3. The van der Waals surface area contributed by atoms with Crippen LogP contribution in [0.4, 0.5) is 0 Å². The lowest BCUT2D eigenvalue weighted by atomic mass is 9.82. The van der Waals surface area contributed by atoms with Crippen LogP contribution in [-0.4, -0.2) is 37.4 Å². The summed E-state index contributed by atoms with van der Waals surface area (Å²) in [6.45, 7) is 3.99. The summed E-state index contributed by atoms with van der Waals surface area (Å²) < 4.78 is 16.2. The van der Waals surface area contributed by atoms with Crippen molar-refractivity contribution in [3.63, 3.8) is 0 Å². The molecule has 0 aromatic heterocycles. The van der Waals surface area contributed by atoms with Crippen molar-refractivity contribution in [1.82, 2.24) is 5.32 Å². The van der Waals surface area contributed by atoms with E-state index in [1.807, 2.05) is 38.1 Å². The Kier molecular flexibility index (Phi) is 4.03. The van der Waals surface area contributed by atoms with E-state index < -0.39 is 23.2 Å². The van der Waals surface area contributed by atoms with Gasteiger partial charge in [-0.2, -0.15) is 0 Å². The van der Waals surface area contributed by atoms with Crippen LogP contribution in [0.3, 0.4) is 0 Å². The monoisotopic (exact) mass is 333 g/mol. The number of hydrogen-bond acceptors (Lipinski definition) is 5. The van der Waals surface area contributed by atoms with Gasteiger partial charge in [-0.25, -0.2) is 0 Å². The molecular weight excluding hydrogens is 310 g/mol. The van der Waals surface area contributed by atoms with E-state index in [9.17, 15) is 9.59 Å². The molecule has 6 nitrogen and oxygen atoms in total. The van der Waals surface area contributed by atoms with Crippen molar-refractivity contribution in [3.8, 4) is 5.75 Å². The number of amides is 1. The Morgan fingerprint density at radius 2 is 1.88 bits per heavy atom. The van der Waals surface area contributed by atoms with Crippen LogP contribution in [0, 0.1) is 5.92 Å². The van der Waals surface area contributed by atoms with Crippen LogP contribution in [0.15, 0.2) is 24.3 Å². The van der Waals surface area contributed by atoms with Crippen molar-refractivity contribution < 1.29 is 23.8 Å². The highest BCUT2D eigenvalue weighted by Gasteiger charge is 2.60. The number of nitrogens with one attached hydrogen (secondary N) is 1. The summed E-state index contributed by atoms with van der Waals surface area (Å²) in [7, 11) is 2.91. The van der Waals surface area contributed by atoms with Crippen molar-refractivity contribution >= 4 is 11.9 Å². The minimum absolute atomic E-state index is 0.0444. The number of methoxy groups -OCH3 is 2. The maximum atomic E-state index is 12.3. The van der Waals surface area contributed by atoms with Gasteiger partial charge in [-0.3, -0.25) is 9.59 Å². The van der Waals surface area contributed by atoms with E-state index in [4.69, 9.17) is 14.2 Å². The number of hydrogen-bond donors (Lipinski definition) is 1. The Morgan fingerprint density at radius 1 is 1.21 bits per heavy atom. The Morgan fingerprint density at radius 3 is 2.46 bits per heavy atom. The van der Waals surface area contributed by atoms with E-state index in [0.29, 0.717) is 0 Å². The van der Waals surface area contributed by atoms with Gasteiger partial charge >= 0.3 is 5.97 Å². The summed E-state index contributed by atoms with van der Waals surface area (Å²) in [6.07, 6.45) is 1.02. The van der Waals surface area contributed by atoms with E-state index in [1.54, 1.807) is 7.11 Å². The highest BCUT2D eigenvalue weighted by atomic mass is 16.5. The zero-order chi connectivity index (χ0) is 17.5.